The smallest absolute Gasteiger partial charge is 0.316 e. The molecule has 6 atom stereocenters. The molecule has 3 heterocycles. The van der Waals surface area contributed by atoms with E-state index in [9.17, 15) is 9.90 Å². The topological polar surface area (TPSA) is 62.3 Å². The van der Waals surface area contributed by atoms with Crippen molar-refractivity contribution in [2.24, 2.45) is 0 Å². The van der Waals surface area contributed by atoms with Gasteiger partial charge in [0.1, 0.15) is 24.2 Å². The average Bonchev–Trinajstić information content (AvgIpc) is 3.27. The molecule has 0 aromatic heterocycles. The molecule has 22 heavy (non-hydrogen) atoms. The highest BCUT2D eigenvalue weighted by Crippen LogP contribution is 2.48. The Balaban J connectivity index is 1.42. The first-order chi connectivity index (χ1) is 10.7. The van der Waals surface area contributed by atoms with Crippen molar-refractivity contribution in [3.05, 3.63) is 35.9 Å². The highest BCUT2D eigenvalue weighted by molar-refractivity contribution is 5.78. The molecule has 3 fully saturated rings. The van der Waals surface area contributed by atoms with E-state index in [2.05, 4.69) is 11.9 Å². The summed E-state index contributed by atoms with van der Waals surface area (Å²) in [6.07, 6.45) is 2.26. The lowest BCUT2D eigenvalue weighted by atomic mass is 9.97. The van der Waals surface area contributed by atoms with Crippen LogP contribution in [0.1, 0.15) is 24.3 Å². The molecule has 3 saturated heterocycles. The number of carbonyl (C=O) groups is 1. The maximum Gasteiger partial charge on any atom is 0.316 e. The first-order valence-electron chi connectivity index (χ1n) is 7.92. The Labute approximate surface area is 129 Å². The van der Waals surface area contributed by atoms with Gasteiger partial charge >= 0.3 is 5.97 Å². The van der Waals surface area contributed by atoms with Gasteiger partial charge in [-0.15, -0.1) is 0 Å². The fourth-order valence-corrected chi connectivity index (χ4v) is 4.04. The van der Waals surface area contributed by atoms with Crippen LogP contribution in [0, 0.1) is 0 Å². The van der Waals surface area contributed by atoms with Crippen LogP contribution in [0.2, 0.25) is 0 Å². The fourth-order valence-electron chi connectivity index (χ4n) is 4.04. The summed E-state index contributed by atoms with van der Waals surface area (Å²) in [7, 11) is 2.13. The summed E-state index contributed by atoms with van der Waals surface area (Å²) in [5.74, 6) is -0.915. The second-order valence-corrected chi connectivity index (χ2v) is 6.54. The number of ether oxygens (including phenoxy) is 2. The molecule has 1 N–H and O–H groups in total. The molecular formula is C17H21NO4. The number of aliphatic hydroxyl groups is 1. The Morgan fingerprint density at radius 1 is 1.32 bits per heavy atom. The van der Waals surface area contributed by atoms with Gasteiger partial charge in [0.05, 0.1) is 6.61 Å². The van der Waals surface area contributed by atoms with E-state index in [-0.39, 0.29) is 18.7 Å². The molecule has 4 rings (SSSR count). The molecule has 118 valence electrons. The van der Waals surface area contributed by atoms with Crippen LogP contribution in [0.25, 0.3) is 0 Å². The van der Waals surface area contributed by atoms with Crippen molar-refractivity contribution >= 4 is 5.97 Å². The number of epoxide rings is 1. The number of nitrogens with zero attached hydrogens (tertiary/aromatic N) is 1. The third-order valence-electron chi connectivity index (χ3n) is 5.33. The zero-order valence-corrected chi connectivity index (χ0v) is 12.6. The molecule has 5 nitrogen and oxygen atoms in total. The van der Waals surface area contributed by atoms with Gasteiger partial charge in [0.2, 0.25) is 0 Å². The summed E-state index contributed by atoms with van der Waals surface area (Å²) in [5.41, 5.74) is 0.803. The summed E-state index contributed by atoms with van der Waals surface area (Å²) in [6.45, 7) is -0.226. The number of likely N-dealkylation sites (N-methyl/N-ethyl adjacent to an activating group) is 1. The molecule has 1 aromatic carbocycles. The first-order valence-corrected chi connectivity index (χ1v) is 7.92. The Kier molecular flexibility index (Phi) is 3.44. The maximum atomic E-state index is 12.4. The van der Waals surface area contributed by atoms with Gasteiger partial charge in [0.25, 0.3) is 0 Å². The monoisotopic (exact) mass is 303 g/mol. The standard InChI is InChI=1S/C17H21NO4/c1-18-13-7-11(8-14(18)16-15(13)22-16)21-17(20)12(9-19)10-5-3-2-4-6-10/h2-6,11-16,19H,7-9H2,1H3/t11?,12?,13-,14+,15-,16-/m0/s1. The second-order valence-electron chi connectivity index (χ2n) is 6.54. The number of esters is 1. The van der Waals surface area contributed by atoms with Crippen LogP contribution in [-0.2, 0) is 14.3 Å². The van der Waals surface area contributed by atoms with Gasteiger partial charge < -0.3 is 14.6 Å². The van der Waals surface area contributed by atoms with Crippen LogP contribution in [-0.4, -0.2) is 60.0 Å². The molecule has 0 spiro atoms. The summed E-state index contributed by atoms with van der Waals surface area (Å²) in [4.78, 5) is 14.8. The zero-order valence-electron chi connectivity index (χ0n) is 12.6. The van der Waals surface area contributed by atoms with Gasteiger partial charge in [-0.05, 0) is 12.6 Å². The van der Waals surface area contributed by atoms with E-state index in [1.807, 2.05) is 30.3 Å². The number of aliphatic hydroxyl groups excluding tert-OH is 1. The van der Waals surface area contributed by atoms with E-state index in [4.69, 9.17) is 9.47 Å². The molecular weight excluding hydrogens is 282 g/mol. The predicted octanol–water partition coefficient (Wildman–Crippen LogP) is 0.918. The Morgan fingerprint density at radius 3 is 2.55 bits per heavy atom. The SMILES string of the molecule is CN1[C@@H]2CC(OC(=O)C(CO)c3ccccc3)C[C@H]1[C@@H]1O[C@H]12. The van der Waals surface area contributed by atoms with Crippen LogP contribution in [0.3, 0.4) is 0 Å². The number of morpholine rings is 1. The zero-order chi connectivity index (χ0) is 15.3. The number of hydrogen-bond donors (Lipinski definition) is 1. The van der Waals surface area contributed by atoms with Crippen molar-refractivity contribution in [3.8, 4) is 0 Å². The minimum atomic E-state index is -0.593. The molecule has 3 aliphatic heterocycles. The van der Waals surface area contributed by atoms with Gasteiger partial charge in [-0.1, -0.05) is 30.3 Å². The van der Waals surface area contributed by atoms with E-state index in [0.717, 1.165) is 18.4 Å². The first kappa shape index (κ1) is 14.2. The van der Waals surface area contributed by atoms with Crippen molar-refractivity contribution in [1.82, 2.24) is 4.90 Å². The van der Waals surface area contributed by atoms with Gasteiger partial charge in [-0.3, -0.25) is 9.69 Å². The van der Waals surface area contributed by atoms with E-state index < -0.39 is 5.92 Å². The number of hydrogen-bond acceptors (Lipinski definition) is 5. The molecule has 0 saturated carbocycles. The summed E-state index contributed by atoms with van der Waals surface area (Å²) < 4.78 is 11.4. The van der Waals surface area contributed by atoms with Crippen LogP contribution < -0.4 is 0 Å². The predicted molar refractivity (Wildman–Crippen MR) is 79.4 cm³/mol. The average molecular weight is 303 g/mol. The molecule has 0 radical (unpaired) electrons. The van der Waals surface area contributed by atoms with Crippen LogP contribution in [0.15, 0.2) is 30.3 Å². The number of benzene rings is 1. The van der Waals surface area contributed by atoms with E-state index >= 15 is 0 Å². The van der Waals surface area contributed by atoms with Crippen molar-refractivity contribution < 1.29 is 19.4 Å². The molecule has 2 unspecified atom stereocenters. The van der Waals surface area contributed by atoms with Crippen LogP contribution >= 0.6 is 0 Å². The van der Waals surface area contributed by atoms with Gasteiger partial charge in [-0.2, -0.15) is 0 Å². The molecule has 0 amide bonds. The Hall–Kier alpha value is -1.43. The minimum absolute atomic E-state index is 0.0622. The molecule has 5 heteroatoms. The van der Waals surface area contributed by atoms with Crippen molar-refractivity contribution in [2.75, 3.05) is 13.7 Å². The Bertz CT molecular complexity index is 545. The van der Waals surface area contributed by atoms with Crippen molar-refractivity contribution in [2.45, 2.75) is 49.2 Å². The third kappa shape index (κ3) is 2.24. The summed E-state index contributed by atoms with van der Waals surface area (Å²) in [5, 5.41) is 9.56. The van der Waals surface area contributed by atoms with E-state index in [1.54, 1.807) is 0 Å². The number of fused-ring (bicyclic) bond motifs is 5. The fraction of sp³-hybridized carbons (Fsp3) is 0.588. The highest BCUT2D eigenvalue weighted by atomic mass is 16.6. The van der Waals surface area contributed by atoms with Crippen molar-refractivity contribution in [3.63, 3.8) is 0 Å². The quantitative estimate of drug-likeness (QED) is 0.662. The van der Waals surface area contributed by atoms with Gasteiger partial charge in [0.15, 0.2) is 0 Å². The lowest BCUT2D eigenvalue weighted by molar-refractivity contribution is -0.156. The Morgan fingerprint density at radius 2 is 1.95 bits per heavy atom. The maximum absolute atomic E-state index is 12.4. The second kappa shape index (κ2) is 5.33. The number of piperidine rings is 1. The van der Waals surface area contributed by atoms with Gasteiger partial charge in [0, 0.05) is 24.9 Å². The minimum Gasteiger partial charge on any atom is -0.462 e. The van der Waals surface area contributed by atoms with Crippen molar-refractivity contribution in [1.29, 1.82) is 0 Å². The van der Waals surface area contributed by atoms with Gasteiger partial charge in [-0.25, -0.2) is 0 Å². The van der Waals surface area contributed by atoms with Crippen LogP contribution in [0.5, 0.6) is 0 Å². The number of rotatable bonds is 4. The molecule has 0 aliphatic carbocycles. The van der Waals surface area contributed by atoms with E-state index in [0.29, 0.717) is 24.3 Å². The van der Waals surface area contributed by atoms with E-state index in [1.165, 1.54) is 0 Å². The van der Waals surface area contributed by atoms with Crippen LogP contribution in [0.4, 0.5) is 0 Å². The molecule has 1 aromatic rings. The third-order valence-corrected chi connectivity index (χ3v) is 5.33. The number of carbonyl (C=O) groups excluding carboxylic acids is 1. The molecule has 3 aliphatic rings. The lowest BCUT2D eigenvalue weighted by Crippen LogP contribution is -2.48. The molecule has 2 bridgehead atoms. The lowest BCUT2D eigenvalue weighted by Gasteiger charge is -2.38. The summed E-state index contributed by atoms with van der Waals surface area (Å²) in [6, 6.07) is 10.1. The summed E-state index contributed by atoms with van der Waals surface area (Å²) >= 11 is 0. The normalized spacial score (nSPS) is 37.5. The highest BCUT2D eigenvalue weighted by Gasteiger charge is 2.62. The largest absolute Gasteiger partial charge is 0.462 e.